The fraction of sp³-hybridized carbons (Fsp3) is 0.192. The van der Waals surface area contributed by atoms with E-state index in [0.717, 1.165) is 22.2 Å². The molecule has 2 aliphatic rings. The summed E-state index contributed by atoms with van der Waals surface area (Å²) in [5.41, 5.74) is 3.52. The number of rotatable bonds is 6. The first-order valence-corrected chi connectivity index (χ1v) is 11.1. The summed E-state index contributed by atoms with van der Waals surface area (Å²) in [5.74, 6) is 1.56. The number of fused-ring (bicyclic) bond motifs is 4. The lowest BCUT2D eigenvalue weighted by Gasteiger charge is -2.16. The van der Waals surface area contributed by atoms with Crippen molar-refractivity contribution in [3.8, 4) is 11.5 Å². The number of aromatic nitrogens is 2. The van der Waals surface area contributed by atoms with Gasteiger partial charge in [-0.05, 0) is 35.4 Å². The average Bonchev–Trinajstić information content (AvgIpc) is 3.54. The maximum Gasteiger partial charge on any atom is 0.253 e. The summed E-state index contributed by atoms with van der Waals surface area (Å²) < 4.78 is 12.8. The van der Waals surface area contributed by atoms with E-state index >= 15 is 0 Å². The number of nitrogens with one attached hydrogen (secondary N) is 1. The first kappa shape index (κ1) is 20.3. The van der Waals surface area contributed by atoms with Gasteiger partial charge in [0.05, 0.1) is 24.0 Å². The van der Waals surface area contributed by atoms with Gasteiger partial charge in [0.2, 0.25) is 18.6 Å². The van der Waals surface area contributed by atoms with Crippen LogP contribution in [0.5, 0.6) is 11.5 Å². The lowest BCUT2D eigenvalue weighted by molar-refractivity contribution is -0.127. The summed E-state index contributed by atoms with van der Waals surface area (Å²) in [5, 5.41) is 2.94. The smallest absolute Gasteiger partial charge is 0.253 e. The zero-order chi connectivity index (χ0) is 23.1. The number of carbonyl (C=O) groups is 2. The van der Waals surface area contributed by atoms with E-state index in [1.807, 2.05) is 77.4 Å². The SMILES string of the molecule is O=C(CC1C(=O)N(Cc2ccc3c(c2)OCO3)c2nc3ccccc3n21)NCc1ccccc1. The van der Waals surface area contributed by atoms with Gasteiger partial charge in [-0.3, -0.25) is 19.1 Å². The van der Waals surface area contributed by atoms with Crippen LogP contribution < -0.4 is 19.7 Å². The van der Waals surface area contributed by atoms with Gasteiger partial charge in [-0.1, -0.05) is 48.5 Å². The quantitative estimate of drug-likeness (QED) is 0.482. The van der Waals surface area contributed by atoms with Gasteiger partial charge in [-0.15, -0.1) is 0 Å². The molecule has 0 saturated heterocycles. The highest BCUT2D eigenvalue weighted by atomic mass is 16.7. The highest BCUT2D eigenvalue weighted by Crippen LogP contribution is 2.38. The summed E-state index contributed by atoms with van der Waals surface area (Å²) in [4.78, 5) is 32.7. The van der Waals surface area contributed by atoms with Crippen LogP contribution in [0.25, 0.3) is 11.0 Å². The molecular weight excluding hydrogens is 432 g/mol. The molecule has 0 spiro atoms. The minimum atomic E-state index is -0.660. The van der Waals surface area contributed by atoms with Crippen LogP contribution in [0.4, 0.5) is 5.95 Å². The number of imidazole rings is 1. The highest BCUT2D eigenvalue weighted by Gasteiger charge is 2.41. The van der Waals surface area contributed by atoms with E-state index in [1.54, 1.807) is 4.90 Å². The Hall–Kier alpha value is -4.33. The van der Waals surface area contributed by atoms with E-state index < -0.39 is 6.04 Å². The number of nitrogens with zero attached hydrogens (tertiary/aromatic N) is 3. The van der Waals surface area contributed by atoms with Gasteiger partial charge in [0.15, 0.2) is 11.5 Å². The number of anilines is 1. The largest absolute Gasteiger partial charge is 0.454 e. The third kappa shape index (κ3) is 3.53. The third-order valence-corrected chi connectivity index (χ3v) is 6.17. The van der Waals surface area contributed by atoms with Crippen LogP contribution in [-0.2, 0) is 22.7 Å². The van der Waals surface area contributed by atoms with E-state index in [-0.39, 0.29) is 25.0 Å². The molecule has 0 saturated carbocycles. The Balaban J connectivity index is 1.28. The molecule has 1 aromatic heterocycles. The third-order valence-electron chi connectivity index (χ3n) is 6.17. The summed E-state index contributed by atoms with van der Waals surface area (Å²) >= 11 is 0. The second-order valence-electron chi connectivity index (χ2n) is 8.36. The predicted molar refractivity (Wildman–Crippen MR) is 125 cm³/mol. The maximum absolute atomic E-state index is 13.5. The Labute approximate surface area is 195 Å². The molecule has 0 bridgehead atoms. The van der Waals surface area contributed by atoms with Crippen molar-refractivity contribution in [2.75, 3.05) is 11.7 Å². The second kappa shape index (κ2) is 8.22. The first-order valence-electron chi connectivity index (χ1n) is 11.1. The van der Waals surface area contributed by atoms with Gasteiger partial charge in [0, 0.05) is 6.54 Å². The minimum Gasteiger partial charge on any atom is -0.454 e. The van der Waals surface area contributed by atoms with Gasteiger partial charge in [0.1, 0.15) is 6.04 Å². The summed E-state index contributed by atoms with van der Waals surface area (Å²) in [6.07, 6.45) is 0.0384. The molecular formula is C26H22N4O4. The Bertz CT molecular complexity index is 1400. The fourth-order valence-electron chi connectivity index (χ4n) is 4.51. The molecule has 0 aliphatic carbocycles. The zero-order valence-electron chi connectivity index (χ0n) is 18.3. The lowest BCUT2D eigenvalue weighted by Crippen LogP contribution is -2.32. The van der Waals surface area contributed by atoms with Crippen LogP contribution in [0.2, 0.25) is 0 Å². The molecule has 1 N–H and O–H groups in total. The van der Waals surface area contributed by atoms with Crippen LogP contribution in [0.1, 0.15) is 23.6 Å². The van der Waals surface area contributed by atoms with E-state index in [9.17, 15) is 9.59 Å². The molecule has 34 heavy (non-hydrogen) atoms. The molecule has 2 aliphatic heterocycles. The number of carbonyl (C=O) groups excluding carboxylic acids is 2. The van der Waals surface area contributed by atoms with Crippen LogP contribution in [0.15, 0.2) is 72.8 Å². The Kier molecular flexibility index (Phi) is 4.91. The number of benzene rings is 3. The van der Waals surface area contributed by atoms with Crippen LogP contribution >= 0.6 is 0 Å². The highest BCUT2D eigenvalue weighted by molar-refractivity contribution is 6.03. The predicted octanol–water partition coefficient (Wildman–Crippen LogP) is 3.56. The molecule has 170 valence electrons. The van der Waals surface area contributed by atoms with Crippen molar-refractivity contribution >= 4 is 28.8 Å². The van der Waals surface area contributed by atoms with E-state index in [4.69, 9.17) is 14.5 Å². The molecule has 6 rings (SSSR count). The summed E-state index contributed by atoms with van der Waals surface area (Å²) in [6, 6.07) is 22.3. The first-order chi connectivity index (χ1) is 16.7. The Morgan fingerprint density at radius 3 is 2.65 bits per heavy atom. The zero-order valence-corrected chi connectivity index (χ0v) is 18.3. The van der Waals surface area contributed by atoms with Crippen molar-refractivity contribution < 1.29 is 19.1 Å². The molecule has 0 fully saturated rings. The summed E-state index contributed by atoms with van der Waals surface area (Å²) in [7, 11) is 0. The number of para-hydroxylation sites is 2. The van der Waals surface area contributed by atoms with Crippen molar-refractivity contribution in [2.24, 2.45) is 0 Å². The van der Waals surface area contributed by atoms with Crippen molar-refractivity contribution in [3.05, 3.63) is 83.9 Å². The van der Waals surface area contributed by atoms with Gasteiger partial charge in [0.25, 0.3) is 5.91 Å². The van der Waals surface area contributed by atoms with E-state index in [0.29, 0.717) is 30.5 Å². The standard InChI is InChI=1S/C26H22N4O4/c31-24(27-14-17-6-2-1-3-7-17)13-21-25(32)29(15-18-10-11-22-23(12-18)34-16-33-22)26-28-19-8-4-5-9-20(19)30(21)26/h1-12,21H,13-16H2,(H,27,31). The number of amides is 2. The van der Waals surface area contributed by atoms with E-state index in [2.05, 4.69) is 5.32 Å². The lowest BCUT2D eigenvalue weighted by atomic mass is 10.1. The van der Waals surface area contributed by atoms with Crippen molar-refractivity contribution in [2.45, 2.75) is 25.6 Å². The molecule has 4 aromatic rings. The van der Waals surface area contributed by atoms with Gasteiger partial charge >= 0.3 is 0 Å². The molecule has 0 radical (unpaired) electrons. The Morgan fingerprint density at radius 2 is 1.76 bits per heavy atom. The molecule has 3 aromatic carbocycles. The second-order valence-corrected chi connectivity index (χ2v) is 8.36. The minimum absolute atomic E-state index is 0.0384. The number of hydrogen-bond acceptors (Lipinski definition) is 5. The van der Waals surface area contributed by atoms with Gasteiger partial charge < -0.3 is 14.8 Å². The van der Waals surface area contributed by atoms with Crippen LogP contribution in [-0.4, -0.2) is 28.2 Å². The molecule has 3 heterocycles. The topological polar surface area (TPSA) is 85.7 Å². The summed E-state index contributed by atoms with van der Waals surface area (Å²) in [6.45, 7) is 0.928. The van der Waals surface area contributed by atoms with Crippen molar-refractivity contribution in [1.29, 1.82) is 0 Å². The fourth-order valence-corrected chi connectivity index (χ4v) is 4.51. The average molecular weight is 454 g/mol. The van der Waals surface area contributed by atoms with E-state index in [1.165, 1.54) is 0 Å². The van der Waals surface area contributed by atoms with Crippen LogP contribution in [0.3, 0.4) is 0 Å². The number of ether oxygens (including phenoxy) is 2. The molecule has 1 atom stereocenters. The molecule has 1 unspecified atom stereocenters. The molecule has 8 heteroatoms. The molecule has 2 amide bonds. The molecule has 8 nitrogen and oxygen atoms in total. The number of hydrogen-bond donors (Lipinski definition) is 1. The maximum atomic E-state index is 13.5. The van der Waals surface area contributed by atoms with Crippen LogP contribution in [0, 0.1) is 0 Å². The monoisotopic (exact) mass is 454 g/mol. The van der Waals surface area contributed by atoms with Crippen molar-refractivity contribution in [1.82, 2.24) is 14.9 Å². The normalized spacial score (nSPS) is 16.2. The Morgan fingerprint density at radius 1 is 0.971 bits per heavy atom. The van der Waals surface area contributed by atoms with Gasteiger partial charge in [-0.2, -0.15) is 0 Å². The van der Waals surface area contributed by atoms with Gasteiger partial charge in [-0.25, -0.2) is 4.98 Å². The van der Waals surface area contributed by atoms with Crippen molar-refractivity contribution in [3.63, 3.8) is 0 Å².